The highest BCUT2D eigenvalue weighted by molar-refractivity contribution is 5.71. The molecule has 0 saturated carbocycles. The summed E-state index contributed by atoms with van der Waals surface area (Å²) in [5, 5.41) is 0. The minimum absolute atomic E-state index is 0.0991. The molecule has 81 heavy (non-hydrogen) atoms. The minimum atomic E-state index is -0.806. The van der Waals surface area contributed by atoms with Gasteiger partial charge < -0.3 is 14.2 Å². The summed E-state index contributed by atoms with van der Waals surface area (Å²) in [5.74, 6) is -0.950. The average Bonchev–Trinajstić information content (AvgIpc) is 3.47. The molecule has 0 spiro atoms. The predicted octanol–water partition coefficient (Wildman–Crippen LogP) is 23.1. The van der Waals surface area contributed by atoms with Gasteiger partial charge in [-0.05, 0) is 141 Å². The molecule has 458 valence electrons. The number of allylic oxidation sites excluding steroid dienone is 24. The highest BCUT2D eigenvalue weighted by Gasteiger charge is 2.19. The molecule has 0 bridgehead atoms. The zero-order chi connectivity index (χ0) is 58.5. The van der Waals surface area contributed by atoms with E-state index in [0.29, 0.717) is 19.3 Å². The topological polar surface area (TPSA) is 78.9 Å². The zero-order valence-corrected chi connectivity index (χ0v) is 52.5. The molecule has 6 nitrogen and oxygen atoms in total. The van der Waals surface area contributed by atoms with Crippen molar-refractivity contribution in [1.82, 2.24) is 0 Å². The van der Waals surface area contributed by atoms with E-state index in [0.717, 1.165) is 135 Å². The van der Waals surface area contributed by atoms with Crippen LogP contribution in [0.5, 0.6) is 0 Å². The van der Waals surface area contributed by atoms with Crippen LogP contribution in [0.1, 0.15) is 290 Å². The number of esters is 3. The van der Waals surface area contributed by atoms with Crippen LogP contribution < -0.4 is 0 Å². The van der Waals surface area contributed by atoms with E-state index in [1.807, 2.05) is 0 Å². The minimum Gasteiger partial charge on any atom is -0.462 e. The van der Waals surface area contributed by atoms with Gasteiger partial charge in [0.2, 0.25) is 0 Å². The van der Waals surface area contributed by atoms with Crippen molar-refractivity contribution in [1.29, 1.82) is 0 Å². The van der Waals surface area contributed by atoms with Crippen LogP contribution in [0.15, 0.2) is 146 Å². The van der Waals surface area contributed by atoms with Gasteiger partial charge in [0, 0.05) is 19.3 Å². The van der Waals surface area contributed by atoms with E-state index < -0.39 is 6.10 Å². The van der Waals surface area contributed by atoms with Gasteiger partial charge in [-0.3, -0.25) is 14.4 Å². The Labute approximate surface area is 499 Å². The molecule has 0 aliphatic rings. The fraction of sp³-hybridized carbons (Fsp3) is 0.640. The van der Waals surface area contributed by atoms with Crippen molar-refractivity contribution in [3.63, 3.8) is 0 Å². The molecule has 0 N–H and O–H groups in total. The summed E-state index contributed by atoms with van der Waals surface area (Å²) in [6.07, 6.45) is 97.2. The second-order valence-electron chi connectivity index (χ2n) is 21.6. The van der Waals surface area contributed by atoms with Gasteiger partial charge in [0.25, 0.3) is 0 Å². The van der Waals surface area contributed by atoms with E-state index in [1.54, 1.807) is 0 Å². The first-order chi connectivity index (χ1) is 40.0. The molecule has 1 atom stereocenters. The number of hydrogen-bond acceptors (Lipinski definition) is 6. The first kappa shape index (κ1) is 76.3. The quantitative estimate of drug-likeness (QED) is 0.0261. The van der Waals surface area contributed by atoms with Gasteiger partial charge in [0.05, 0.1) is 0 Å². The maximum Gasteiger partial charge on any atom is 0.306 e. The molecule has 0 aromatic carbocycles. The van der Waals surface area contributed by atoms with Crippen LogP contribution in [0.4, 0.5) is 0 Å². The normalized spacial score (nSPS) is 13.1. The molecule has 0 aromatic rings. The number of rotatable bonds is 59. The van der Waals surface area contributed by atoms with Crippen molar-refractivity contribution in [2.75, 3.05) is 13.2 Å². The molecule has 0 aliphatic heterocycles. The maximum atomic E-state index is 12.9. The lowest BCUT2D eigenvalue weighted by molar-refractivity contribution is -0.167. The molecule has 1 unspecified atom stereocenters. The van der Waals surface area contributed by atoms with Gasteiger partial charge in [-0.2, -0.15) is 0 Å². The van der Waals surface area contributed by atoms with Crippen LogP contribution in [0.2, 0.25) is 0 Å². The molecule has 0 aliphatic carbocycles. The Morgan fingerprint density at radius 2 is 0.481 bits per heavy atom. The summed E-state index contributed by atoms with van der Waals surface area (Å²) in [4.78, 5) is 38.3. The lowest BCUT2D eigenvalue weighted by atomic mass is 10.0. The third kappa shape index (κ3) is 66.0. The SMILES string of the molecule is CC/C=C\C/C=C\C/C=C\C/C=C\C/C=C\C/C=C\CCCCCCCCCCCCCCC(=O)OCC(COC(=O)CCCC/C=C\C/C=C\C/C=C\C/C=C\CC)OC(=O)CCCCCCCCC/C=C\C/C=C\CCCCC. The first-order valence-electron chi connectivity index (χ1n) is 33.3. The van der Waals surface area contributed by atoms with Gasteiger partial charge in [-0.15, -0.1) is 0 Å². The Hall–Kier alpha value is -4.71. The Morgan fingerprint density at radius 1 is 0.259 bits per heavy atom. The summed E-state index contributed by atoms with van der Waals surface area (Å²) < 4.78 is 16.9. The highest BCUT2D eigenvalue weighted by Crippen LogP contribution is 2.16. The Balaban J connectivity index is 4.33. The lowest BCUT2D eigenvalue weighted by Gasteiger charge is -2.18. The lowest BCUT2D eigenvalue weighted by Crippen LogP contribution is -2.30. The van der Waals surface area contributed by atoms with Crippen molar-refractivity contribution < 1.29 is 28.6 Å². The molecule has 0 fully saturated rings. The Kier molecular flexibility index (Phi) is 63.9. The van der Waals surface area contributed by atoms with Crippen molar-refractivity contribution in [3.05, 3.63) is 146 Å². The van der Waals surface area contributed by atoms with Gasteiger partial charge in [-0.25, -0.2) is 0 Å². The Bertz CT molecular complexity index is 1760. The van der Waals surface area contributed by atoms with E-state index in [-0.39, 0.29) is 31.1 Å². The van der Waals surface area contributed by atoms with Crippen LogP contribution in [0, 0.1) is 0 Å². The third-order valence-corrected chi connectivity index (χ3v) is 13.8. The number of ether oxygens (including phenoxy) is 3. The number of carbonyl (C=O) groups excluding carboxylic acids is 3. The van der Waals surface area contributed by atoms with Crippen LogP contribution in [-0.4, -0.2) is 37.2 Å². The highest BCUT2D eigenvalue weighted by atomic mass is 16.6. The van der Waals surface area contributed by atoms with Crippen LogP contribution >= 0.6 is 0 Å². The van der Waals surface area contributed by atoms with E-state index in [1.165, 1.54) is 116 Å². The van der Waals surface area contributed by atoms with Crippen molar-refractivity contribution in [2.45, 2.75) is 297 Å². The number of hydrogen-bond donors (Lipinski definition) is 0. The summed E-state index contributed by atoms with van der Waals surface area (Å²) in [5.41, 5.74) is 0. The summed E-state index contributed by atoms with van der Waals surface area (Å²) in [6.45, 7) is 6.35. The molecular formula is C75H122O6. The van der Waals surface area contributed by atoms with E-state index in [9.17, 15) is 14.4 Å². The number of unbranched alkanes of at least 4 members (excludes halogenated alkanes) is 24. The summed E-state index contributed by atoms with van der Waals surface area (Å²) in [6, 6.07) is 0. The largest absolute Gasteiger partial charge is 0.462 e. The predicted molar refractivity (Wildman–Crippen MR) is 352 cm³/mol. The van der Waals surface area contributed by atoms with E-state index in [2.05, 4.69) is 167 Å². The zero-order valence-electron chi connectivity index (χ0n) is 52.5. The monoisotopic (exact) mass is 1120 g/mol. The number of carbonyl (C=O) groups is 3. The average molecular weight is 1120 g/mol. The Morgan fingerprint density at radius 3 is 0.778 bits per heavy atom. The standard InChI is InChI=1S/C75H122O6/c1-4-7-10-13-16-19-22-25-28-30-31-32-33-34-35-36-37-38-39-40-41-42-43-45-47-50-53-56-59-62-65-68-74(77)80-71-72(70-79-73(76)67-64-61-58-55-52-49-46-27-24-21-18-15-12-9-6-3)81-75(78)69-66-63-60-57-54-51-48-44-29-26-23-20-17-14-11-8-5-2/h7,9-10,12,16-21,25-29,31-32,34-35,37-38,46,52,55,72H,4-6,8,11,13-15,22-24,30,33,36,39-45,47-51,53-54,56-71H2,1-3H3/b10-7-,12-9-,19-16-,20-17-,21-18-,28-25-,29-26-,32-31-,35-34-,38-37-,46-27-,55-52-. The molecule has 0 amide bonds. The van der Waals surface area contributed by atoms with Gasteiger partial charge in [0.15, 0.2) is 6.10 Å². The van der Waals surface area contributed by atoms with Crippen molar-refractivity contribution >= 4 is 17.9 Å². The van der Waals surface area contributed by atoms with Crippen molar-refractivity contribution in [2.24, 2.45) is 0 Å². The summed E-state index contributed by atoms with van der Waals surface area (Å²) >= 11 is 0. The fourth-order valence-electron chi connectivity index (χ4n) is 8.88. The molecule has 0 aromatic heterocycles. The molecule has 6 heteroatoms. The van der Waals surface area contributed by atoms with Gasteiger partial charge >= 0.3 is 17.9 Å². The fourth-order valence-corrected chi connectivity index (χ4v) is 8.88. The first-order valence-corrected chi connectivity index (χ1v) is 33.3. The van der Waals surface area contributed by atoms with Gasteiger partial charge in [0.1, 0.15) is 13.2 Å². The second kappa shape index (κ2) is 67.8. The smallest absolute Gasteiger partial charge is 0.306 e. The van der Waals surface area contributed by atoms with Crippen LogP contribution in [0.3, 0.4) is 0 Å². The maximum absolute atomic E-state index is 12.9. The summed E-state index contributed by atoms with van der Waals surface area (Å²) in [7, 11) is 0. The van der Waals surface area contributed by atoms with E-state index >= 15 is 0 Å². The molecule has 0 saturated heterocycles. The molecular weight excluding hydrogens is 997 g/mol. The van der Waals surface area contributed by atoms with Crippen LogP contribution in [-0.2, 0) is 28.6 Å². The van der Waals surface area contributed by atoms with Gasteiger partial charge in [-0.1, -0.05) is 276 Å². The molecule has 0 heterocycles. The van der Waals surface area contributed by atoms with E-state index in [4.69, 9.17) is 14.2 Å². The van der Waals surface area contributed by atoms with Crippen molar-refractivity contribution in [3.8, 4) is 0 Å². The second-order valence-corrected chi connectivity index (χ2v) is 21.6. The molecule has 0 rings (SSSR count). The third-order valence-electron chi connectivity index (χ3n) is 13.8. The van der Waals surface area contributed by atoms with Crippen LogP contribution in [0.25, 0.3) is 0 Å². The molecule has 0 radical (unpaired) electrons.